The quantitative estimate of drug-likeness (QED) is 0.0836. The van der Waals surface area contributed by atoms with Crippen LogP contribution in [0, 0.1) is 44.3 Å². The highest BCUT2D eigenvalue weighted by molar-refractivity contribution is 5.47. The third-order valence-electron chi connectivity index (χ3n) is 21.0. The summed E-state index contributed by atoms with van der Waals surface area (Å²) < 4.78 is 48.4. The molecular weight excluding hydrogens is 1020 g/mol. The predicted octanol–water partition coefficient (Wildman–Crippen LogP) is -2.67. The number of hydrogen-bond donors (Lipinski definition) is 15. The molecule has 77 heavy (non-hydrogen) atoms. The number of ether oxygens (including phenoxy) is 8. The summed E-state index contributed by atoms with van der Waals surface area (Å²) in [5, 5.41) is 163. The molecule has 28 atom stereocenters. The first-order chi connectivity index (χ1) is 36.1. The summed E-state index contributed by atoms with van der Waals surface area (Å²) in [4.78, 5) is 0. The average molecular weight is 1110 g/mol. The summed E-state index contributed by atoms with van der Waals surface area (Å²) in [7, 11) is 0. The van der Waals surface area contributed by atoms with Crippen LogP contribution in [0.15, 0.2) is 23.3 Å². The van der Waals surface area contributed by atoms with Crippen molar-refractivity contribution in [2.75, 3.05) is 33.0 Å². The molecule has 0 bridgehead atoms. The molecule has 4 aliphatic heterocycles. The van der Waals surface area contributed by atoms with Crippen molar-refractivity contribution < 1.29 is 114 Å². The maximum atomic E-state index is 12.2. The Morgan fingerprint density at radius 1 is 0.532 bits per heavy atom. The zero-order chi connectivity index (χ0) is 56.3. The first-order valence-electron chi connectivity index (χ1n) is 27.6. The Hall–Kier alpha value is -1.44. The number of aliphatic hydroxyl groups excluding tert-OH is 15. The van der Waals surface area contributed by atoms with Crippen LogP contribution in [0.3, 0.4) is 0 Å². The Bertz CT molecular complexity index is 2130. The van der Waals surface area contributed by atoms with Crippen molar-refractivity contribution in [3.8, 4) is 0 Å². The van der Waals surface area contributed by atoms with E-state index in [1.54, 1.807) is 0 Å². The average Bonchev–Trinajstić information content (AvgIpc) is 3.53. The Balaban J connectivity index is 0.989. The first kappa shape index (κ1) is 60.2. The highest BCUT2D eigenvalue weighted by atomic mass is 16.8. The number of aliphatic hydroxyl groups is 15. The zero-order valence-electron chi connectivity index (χ0n) is 45.2. The fraction of sp³-hybridized carbons (Fsp3) is 0.926. The van der Waals surface area contributed by atoms with Gasteiger partial charge in [0.2, 0.25) is 0 Å². The lowest BCUT2D eigenvalue weighted by molar-refractivity contribution is -0.388. The van der Waals surface area contributed by atoms with Crippen molar-refractivity contribution in [2.45, 2.75) is 235 Å². The summed E-state index contributed by atoms with van der Waals surface area (Å²) in [5.74, 6) is 0.0994. The van der Waals surface area contributed by atoms with Crippen LogP contribution in [-0.4, -0.2) is 245 Å². The van der Waals surface area contributed by atoms with Gasteiger partial charge in [0.15, 0.2) is 25.2 Å². The van der Waals surface area contributed by atoms with Gasteiger partial charge in [0, 0.05) is 10.8 Å². The van der Waals surface area contributed by atoms with Crippen LogP contribution in [0.1, 0.15) is 99.8 Å². The molecule has 4 saturated heterocycles. The molecule has 9 aliphatic rings. The first-order valence-corrected chi connectivity index (χ1v) is 27.6. The number of fused-ring (bicyclic) bond motifs is 6. The normalized spacial score (nSPS) is 53.5. The predicted molar refractivity (Wildman–Crippen MR) is 264 cm³/mol. The molecule has 0 aromatic heterocycles. The van der Waals surface area contributed by atoms with Gasteiger partial charge in [0.25, 0.3) is 0 Å². The maximum absolute atomic E-state index is 12.2. The molecule has 0 aromatic rings. The van der Waals surface area contributed by atoms with Crippen molar-refractivity contribution in [3.05, 3.63) is 23.3 Å². The van der Waals surface area contributed by atoms with E-state index < -0.39 is 178 Å². The van der Waals surface area contributed by atoms with E-state index in [2.05, 4.69) is 60.6 Å². The van der Waals surface area contributed by atoms with E-state index in [0.717, 1.165) is 32.1 Å². The molecule has 7 fully saturated rings. The van der Waals surface area contributed by atoms with Gasteiger partial charge in [-0.2, -0.15) is 0 Å². The van der Waals surface area contributed by atoms with Gasteiger partial charge in [-0.1, -0.05) is 66.2 Å². The second-order valence-electron chi connectivity index (χ2n) is 26.1. The molecule has 23 heteroatoms. The Morgan fingerprint density at radius 3 is 1.58 bits per heavy atom. The van der Waals surface area contributed by atoms with Gasteiger partial charge >= 0.3 is 0 Å². The van der Waals surface area contributed by atoms with Crippen LogP contribution in [0.4, 0.5) is 0 Å². The van der Waals surface area contributed by atoms with Crippen molar-refractivity contribution in [1.82, 2.24) is 0 Å². The van der Waals surface area contributed by atoms with Gasteiger partial charge in [0.05, 0.1) is 45.2 Å². The summed E-state index contributed by atoms with van der Waals surface area (Å²) in [6, 6.07) is 0. The van der Waals surface area contributed by atoms with Crippen molar-refractivity contribution in [1.29, 1.82) is 0 Å². The fourth-order valence-corrected chi connectivity index (χ4v) is 15.9. The van der Waals surface area contributed by atoms with Crippen molar-refractivity contribution in [3.63, 3.8) is 0 Å². The maximum Gasteiger partial charge on any atom is 0.187 e. The topological polar surface area (TPSA) is 377 Å². The monoisotopic (exact) mass is 1100 g/mol. The number of rotatable bonds is 13. The molecule has 0 amide bonds. The molecule has 9 rings (SSSR count). The van der Waals surface area contributed by atoms with Crippen LogP contribution in [0.5, 0.6) is 0 Å². The number of allylic oxidation sites excluding steroid dienone is 3. The molecular formula is C54H88O23. The van der Waals surface area contributed by atoms with Gasteiger partial charge < -0.3 is 114 Å². The summed E-state index contributed by atoms with van der Waals surface area (Å²) in [5.41, 5.74) is 0.165. The minimum absolute atomic E-state index is 0.0126. The number of hydrogen-bond acceptors (Lipinski definition) is 23. The summed E-state index contributed by atoms with van der Waals surface area (Å²) in [6.45, 7) is 12.5. The minimum Gasteiger partial charge on any atom is -0.395 e. The van der Waals surface area contributed by atoms with E-state index in [-0.39, 0.29) is 34.7 Å². The summed E-state index contributed by atoms with van der Waals surface area (Å²) >= 11 is 0. The molecule has 442 valence electrons. The van der Waals surface area contributed by atoms with E-state index in [1.165, 1.54) is 11.1 Å². The molecule has 3 saturated carbocycles. The van der Waals surface area contributed by atoms with Crippen molar-refractivity contribution >= 4 is 0 Å². The van der Waals surface area contributed by atoms with Crippen LogP contribution in [-0.2, 0) is 37.9 Å². The standard InChI is InChI=1S/C54H88O23/c1-49(2)14-15-54(22-58)24(16-49)23-8-9-30-51(5)12-11-32(50(3,4)29(51)10-13-52(30,6)53(23,7)17-31(54)59)75-48-44(77-46-42(69)38(65)34(61)26(19-56)72-46)40(67)36(63)28(74-48)21-70-47-43(39(66)35(62)27(20-57)73-47)76-45-41(68)37(64)33(60)25(18-55)71-45/h8-9,25-48,55-69H,10-22H2,1-7H3/t25-,26-,27-,28-,29+,30-,31+,32+,33-,34-,35-,36-,37+,38+,39+,40+,41-,42-,43-,44-,45+,46+,47-,48+,51+,52-,53-,54-/m1/s1. The lowest BCUT2D eigenvalue weighted by atomic mass is 9.35. The Kier molecular flexibility index (Phi) is 17.2. The van der Waals surface area contributed by atoms with E-state index in [0.29, 0.717) is 19.3 Å². The zero-order valence-corrected chi connectivity index (χ0v) is 45.2. The third-order valence-corrected chi connectivity index (χ3v) is 21.0. The van der Waals surface area contributed by atoms with Gasteiger partial charge in [-0.3, -0.25) is 0 Å². The lowest BCUT2D eigenvalue weighted by Gasteiger charge is -2.70. The second kappa shape index (κ2) is 22.0. The fourth-order valence-electron chi connectivity index (χ4n) is 15.9. The molecule has 0 aromatic carbocycles. The van der Waals surface area contributed by atoms with Gasteiger partial charge in [-0.15, -0.1) is 0 Å². The molecule has 15 N–H and O–H groups in total. The van der Waals surface area contributed by atoms with Crippen LogP contribution in [0.25, 0.3) is 0 Å². The second-order valence-corrected chi connectivity index (χ2v) is 26.1. The minimum atomic E-state index is -1.94. The van der Waals surface area contributed by atoms with Crippen molar-refractivity contribution in [2.24, 2.45) is 44.3 Å². The van der Waals surface area contributed by atoms with Crippen LogP contribution < -0.4 is 0 Å². The van der Waals surface area contributed by atoms with Gasteiger partial charge in [-0.05, 0) is 90.4 Å². The van der Waals surface area contributed by atoms with Gasteiger partial charge in [-0.25, -0.2) is 0 Å². The molecule has 0 unspecified atom stereocenters. The highest BCUT2D eigenvalue weighted by Gasteiger charge is 2.69. The lowest BCUT2D eigenvalue weighted by Crippen LogP contribution is -2.67. The largest absolute Gasteiger partial charge is 0.395 e. The molecule has 5 aliphatic carbocycles. The molecule has 4 heterocycles. The van der Waals surface area contributed by atoms with Crippen LogP contribution in [0.2, 0.25) is 0 Å². The third kappa shape index (κ3) is 9.86. The van der Waals surface area contributed by atoms with E-state index in [9.17, 15) is 76.6 Å². The highest BCUT2D eigenvalue weighted by Crippen LogP contribution is 2.74. The Labute approximate surface area is 448 Å². The van der Waals surface area contributed by atoms with E-state index in [4.69, 9.17) is 37.9 Å². The Morgan fingerprint density at radius 2 is 1.04 bits per heavy atom. The van der Waals surface area contributed by atoms with Crippen LogP contribution >= 0.6 is 0 Å². The molecule has 0 radical (unpaired) electrons. The SMILES string of the molecule is CC1(C)CC[C@@]2(CO)C(=C3C=C[C@@H]4[C@@]5(C)CC[C@H](O[C@@H]6O[C@H](CO[C@@H]7O[C@H](CO)[C@@H](O)[C@H](O)[C@H]7O[C@@H]7O[C@H](CO)[C@@H](O)[C@H](O)[C@H]7O)[C@@H](O)[C@H](O)[C@H]6O[C@@H]6O[C@H](CO)[C@@H](O)[C@H](O)[C@H]6O)C(C)(C)[C@@H]5CC[C@@]4(C)[C@]3(C)C[C@@H]2O)C1. The van der Waals surface area contributed by atoms with E-state index >= 15 is 0 Å². The summed E-state index contributed by atoms with van der Waals surface area (Å²) in [6.07, 6.45) is -25.8. The van der Waals surface area contributed by atoms with Gasteiger partial charge in [0.1, 0.15) is 97.7 Å². The smallest absolute Gasteiger partial charge is 0.187 e. The molecule has 23 nitrogen and oxygen atoms in total. The molecule has 0 spiro atoms. The van der Waals surface area contributed by atoms with E-state index in [1.807, 2.05) is 0 Å².